The number of para-hydroxylation sites is 1. The number of nitrogens with zero attached hydrogens (tertiary/aromatic N) is 4. The fraction of sp³-hybridized carbons (Fsp3) is 0.346. The summed E-state index contributed by atoms with van der Waals surface area (Å²) >= 11 is 0. The van der Waals surface area contributed by atoms with Gasteiger partial charge in [-0.3, -0.25) is 23.7 Å². The highest BCUT2D eigenvalue weighted by Gasteiger charge is 2.56. The number of carbonyl (C=O) groups excluding carboxylic acids is 1. The van der Waals surface area contributed by atoms with Crippen molar-refractivity contribution in [1.29, 1.82) is 0 Å². The van der Waals surface area contributed by atoms with Crippen LogP contribution in [0, 0.1) is 0 Å². The zero-order valence-corrected chi connectivity index (χ0v) is 23.6. The van der Waals surface area contributed by atoms with Crippen molar-refractivity contribution in [3.63, 3.8) is 0 Å². The largest absolute Gasteiger partial charge is 0.465 e. The molecule has 1 aromatic heterocycles. The second kappa shape index (κ2) is 13.8. The lowest BCUT2D eigenvalue weighted by Crippen LogP contribution is -2.46. The highest BCUT2D eigenvalue weighted by Crippen LogP contribution is 2.48. The van der Waals surface area contributed by atoms with Crippen molar-refractivity contribution in [3.8, 4) is 5.75 Å². The summed E-state index contributed by atoms with van der Waals surface area (Å²) in [5.41, 5.74) is 5.83. The number of hydrogen-bond donors (Lipinski definition) is 4. The normalized spacial score (nSPS) is 23.5. The number of azide groups is 1. The molecule has 2 aromatic carbocycles. The van der Waals surface area contributed by atoms with E-state index in [-0.39, 0.29) is 18.8 Å². The Hall–Kier alpha value is -4.27. The van der Waals surface area contributed by atoms with Crippen molar-refractivity contribution in [1.82, 2.24) is 14.6 Å². The number of esters is 1. The van der Waals surface area contributed by atoms with Gasteiger partial charge in [0.05, 0.1) is 13.2 Å². The molecule has 2 heterocycles. The Kier molecular flexibility index (Phi) is 10.2. The van der Waals surface area contributed by atoms with E-state index in [9.17, 15) is 34.7 Å². The quantitative estimate of drug-likeness (QED) is 0.0711. The van der Waals surface area contributed by atoms with E-state index in [0.29, 0.717) is 5.56 Å². The van der Waals surface area contributed by atoms with Crippen molar-refractivity contribution >= 4 is 13.7 Å². The van der Waals surface area contributed by atoms with Crippen LogP contribution in [0.3, 0.4) is 0 Å². The monoisotopic (exact) mass is 616 g/mol. The molecule has 0 spiro atoms. The van der Waals surface area contributed by atoms with Gasteiger partial charge >= 0.3 is 19.4 Å². The van der Waals surface area contributed by atoms with Crippen LogP contribution in [0.5, 0.6) is 5.75 Å². The number of benzene rings is 2. The second-order valence-corrected chi connectivity index (χ2v) is 11.0. The molecule has 228 valence electrons. The van der Waals surface area contributed by atoms with E-state index in [1.807, 2.05) is 4.98 Å². The summed E-state index contributed by atoms with van der Waals surface area (Å²) in [6.45, 7) is 0.647. The Bertz CT molecular complexity index is 1610. The predicted octanol–water partition coefficient (Wildman–Crippen LogP) is 1.76. The van der Waals surface area contributed by atoms with Gasteiger partial charge in [-0.15, -0.1) is 0 Å². The molecular weight excluding hydrogens is 587 g/mol. The Balaban J connectivity index is 1.66. The van der Waals surface area contributed by atoms with Gasteiger partial charge in [-0.2, -0.15) is 5.09 Å². The smallest absolute Gasteiger partial charge is 0.459 e. The first-order valence-corrected chi connectivity index (χ1v) is 14.5. The summed E-state index contributed by atoms with van der Waals surface area (Å²) in [5, 5.41) is 27.7. The van der Waals surface area contributed by atoms with Crippen LogP contribution in [-0.2, 0) is 29.8 Å². The lowest BCUT2D eigenvalue weighted by atomic mass is 10.1. The standard InChI is InChI=1S/C26H29N6O10P/c1-2-39-24(36)19(15-17-9-5-3-6-10-17)29-43(38,42-18-11-7-4-8-12-18)40-16-26(30-31-27)22(35)21(34)23(41-26)32-14-13-20(33)28-25(32)37/h3-14,19,21-23,34-35H,2,15-16H2,1H3,(H,29,38)(H,28,33,37)/t19-,21-,22+,23+,26?,43?/m0/s1. The molecule has 0 radical (unpaired) electrons. The van der Waals surface area contributed by atoms with Gasteiger partial charge in [-0.05, 0) is 36.6 Å². The maximum Gasteiger partial charge on any atom is 0.459 e. The number of nitrogens with one attached hydrogen (secondary N) is 2. The van der Waals surface area contributed by atoms with Crippen molar-refractivity contribution in [2.24, 2.45) is 5.11 Å². The van der Waals surface area contributed by atoms with Crippen LogP contribution in [0.1, 0.15) is 18.7 Å². The van der Waals surface area contributed by atoms with Crippen molar-refractivity contribution in [3.05, 3.63) is 110 Å². The van der Waals surface area contributed by atoms with Crippen LogP contribution >= 0.6 is 7.75 Å². The van der Waals surface area contributed by atoms with Crippen LogP contribution in [0.25, 0.3) is 10.4 Å². The SMILES string of the molecule is CCOC(=O)[C@H](Cc1ccccc1)NP(=O)(OCC1(N=[N+]=[N-])O[C@@H](n2ccc(=O)[nH]c2=O)[C@@H](O)[C@H]1O)Oc1ccccc1. The minimum atomic E-state index is -4.61. The lowest BCUT2D eigenvalue weighted by molar-refractivity contribution is -0.145. The van der Waals surface area contributed by atoms with E-state index in [4.69, 9.17) is 18.5 Å². The molecule has 6 atom stereocenters. The fourth-order valence-electron chi connectivity index (χ4n) is 4.28. The Morgan fingerprint density at radius 1 is 1.19 bits per heavy atom. The number of aromatic nitrogens is 2. The molecule has 16 nitrogen and oxygen atoms in total. The molecular formula is C26H29N6O10P. The van der Waals surface area contributed by atoms with Crippen LogP contribution in [0.15, 0.2) is 87.6 Å². The summed E-state index contributed by atoms with van der Waals surface area (Å²) in [7, 11) is -4.61. The number of aromatic amines is 1. The van der Waals surface area contributed by atoms with Crippen molar-refractivity contribution in [2.45, 2.75) is 43.5 Å². The van der Waals surface area contributed by atoms with Crippen molar-refractivity contribution in [2.75, 3.05) is 13.2 Å². The molecule has 4 rings (SSSR count). The molecule has 1 aliphatic rings. The predicted molar refractivity (Wildman–Crippen MR) is 150 cm³/mol. The molecule has 1 aliphatic heterocycles. The fourth-order valence-corrected chi connectivity index (χ4v) is 5.79. The molecule has 1 saturated heterocycles. The number of carbonyl (C=O) groups is 1. The number of hydrogen-bond acceptors (Lipinski definition) is 11. The van der Waals surface area contributed by atoms with E-state index in [1.165, 1.54) is 12.1 Å². The molecule has 1 fully saturated rings. The number of ether oxygens (including phenoxy) is 2. The first kappa shape index (κ1) is 31.7. The van der Waals surface area contributed by atoms with Gasteiger partial charge in [-0.25, -0.2) is 9.36 Å². The van der Waals surface area contributed by atoms with Gasteiger partial charge in [0.15, 0.2) is 6.23 Å². The molecule has 0 saturated carbocycles. The van der Waals surface area contributed by atoms with Crippen LogP contribution in [0.4, 0.5) is 0 Å². The van der Waals surface area contributed by atoms with E-state index in [0.717, 1.165) is 16.8 Å². The average molecular weight is 617 g/mol. The summed E-state index contributed by atoms with van der Waals surface area (Å²) < 4.78 is 37.1. The van der Waals surface area contributed by atoms with E-state index in [1.54, 1.807) is 55.5 Å². The number of aliphatic hydroxyl groups is 2. The Morgan fingerprint density at radius 3 is 2.49 bits per heavy atom. The van der Waals surface area contributed by atoms with Gasteiger partial charge in [0.25, 0.3) is 5.56 Å². The minimum absolute atomic E-state index is 0.0156. The highest BCUT2D eigenvalue weighted by atomic mass is 31.2. The molecule has 4 N–H and O–H groups in total. The molecule has 3 aromatic rings. The van der Waals surface area contributed by atoms with E-state index in [2.05, 4.69) is 15.1 Å². The summed E-state index contributed by atoms with van der Waals surface area (Å²) in [5.74, 6) is -0.689. The van der Waals surface area contributed by atoms with Crippen LogP contribution < -0.4 is 20.9 Å². The molecule has 17 heteroatoms. The number of H-pyrrole nitrogens is 1. The summed E-state index contributed by atoms with van der Waals surface area (Å²) in [4.78, 5) is 41.4. The maximum atomic E-state index is 14.2. The van der Waals surface area contributed by atoms with Crippen LogP contribution in [-0.4, -0.2) is 62.9 Å². The maximum absolute atomic E-state index is 14.2. The third-order valence-corrected chi connectivity index (χ3v) is 7.87. The molecule has 0 bridgehead atoms. The third kappa shape index (κ3) is 7.58. The molecule has 2 unspecified atom stereocenters. The van der Waals surface area contributed by atoms with Gasteiger partial charge in [0, 0.05) is 17.2 Å². The highest BCUT2D eigenvalue weighted by molar-refractivity contribution is 7.52. The number of aliphatic hydroxyl groups excluding tert-OH is 2. The van der Waals surface area contributed by atoms with Gasteiger partial charge in [0.1, 0.15) is 24.0 Å². The zero-order valence-electron chi connectivity index (χ0n) is 22.8. The first-order valence-electron chi connectivity index (χ1n) is 13.0. The summed E-state index contributed by atoms with van der Waals surface area (Å²) in [6.07, 6.45) is -4.51. The van der Waals surface area contributed by atoms with Crippen molar-refractivity contribution < 1.29 is 38.1 Å². The van der Waals surface area contributed by atoms with Crippen LogP contribution in [0.2, 0.25) is 0 Å². The third-order valence-electron chi connectivity index (χ3n) is 6.32. The van der Waals surface area contributed by atoms with E-state index >= 15 is 0 Å². The van der Waals surface area contributed by atoms with Gasteiger partial charge in [-0.1, -0.05) is 53.6 Å². The lowest BCUT2D eigenvalue weighted by Gasteiger charge is -2.30. The first-order chi connectivity index (χ1) is 20.6. The molecule has 43 heavy (non-hydrogen) atoms. The number of rotatable bonds is 13. The molecule has 0 amide bonds. The summed E-state index contributed by atoms with van der Waals surface area (Å²) in [6, 6.07) is 16.3. The Labute approximate surface area is 244 Å². The average Bonchev–Trinajstić information content (AvgIpc) is 3.22. The second-order valence-electron chi connectivity index (χ2n) is 9.29. The zero-order chi connectivity index (χ0) is 31.0. The minimum Gasteiger partial charge on any atom is -0.465 e. The van der Waals surface area contributed by atoms with Gasteiger partial charge in [0.2, 0.25) is 5.72 Å². The topological polar surface area (TPSA) is 227 Å². The molecule has 0 aliphatic carbocycles. The van der Waals surface area contributed by atoms with E-state index < -0.39 is 61.8 Å². The Morgan fingerprint density at radius 2 is 1.86 bits per heavy atom. The van der Waals surface area contributed by atoms with Gasteiger partial charge < -0.3 is 24.2 Å².